The number of halogens is 1. The molecule has 1 rings (SSSR count). The summed E-state index contributed by atoms with van der Waals surface area (Å²) in [6.07, 6.45) is 0. The van der Waals surface area contributed by atoms with Crippen molar-refractivity contribution in [1.29, 1.82) is 0 Å². The van der Waals surface area contributed by atoms with E-state index >= 15 is 0 Å². The quantitative estimate of drug-likeness (QED) is 0.821. The molecule has 0 aliphatic rings. The van der Waals surface area contributed by atoms with Crippen molar-refractivity contribution in [1.82, 2.24) is 4.90 Å². The second kappa shape index (κ2) is 6.99. The van der Waals surface area contributed by atoms with Crippen molar-refractivity contribution >= 4 is 21.6 Å². The summed E-state index contributed by atoms with van der Waals surface area (Å²) in [5.41, 5.74) is 7.82. The van der Waals surface area contributed by atoms with Crippen LogP contribution in [-0.2, 0) is 11.3 Å². The van der Waals surface area contributed by atoms with Crippen molar-refractivity contribution in [3.63, 3.8) is 0 Å². The van der Waals surface area contributed by atoms with Crippen LogP contribution < -0.4 is 5.73 Å². The molecule has 0 aliphatic heterocycles. The van der Waals surface area contributed by atoms with Gasteiger partial charge in [-0.05, 0) is 47.5 Å². The molecule has 3 nitrogen and oxygen atoms in total. The Labute approximate surface area is 112 Å². The van der Waals surface area contributed by atoms with Crippen LogP contribution in [0.2, 0.25) is 0 Å². The third kappa shape index (κ3) is 4.66. The summed E-state index contributed by atoms with van der Waals surface area (Å²) in [7, 11) is 1.73. The van der Waals surface area contributed by atoms with Crippen LogP contribution in [0.1, 0.15) is 19.4 Å². The first-order chi connectivity index (χ1) is 8.04. The van der Waals surface area contributed by atoms with Crippen LogP contribution in [0.25, 0.3) is 0 Å². The summed E-state index contributed by atoms with van der Waals surface area (Å²) in [6, 6.07) is 6.59. The van der Waals surface area contributed by atoms with Gasteiger partial charge in [0.15, 0.2) is 0 Å². The van der Waals surface area contributed by atoms with Crippen LogP contribution in [0.3, 0.4) is 0 Å². The monoisotopic (exact) mass is 300 g/mol. The molecule has 2 N–H and O–H groups in total. The number of methoxy groups -OCH3 is 1. The molecule has 0 amide bonds. The van der Waals surface area contributed by atoms with E-state index in [1.54, 1.807) is 7.11 Å². The van der Waals surface area contributed by atoms with Gasteiger partial charge in [0.1, 0.15) is 0 Å². The van der Waals surface area contributed by atoms with Gasteiger partial charge in [-0.15, -0.1) is 0 Å². The molecule has 96 valence electrons. The van der Waals surface area contributed by atoms with Gasteiger partial charge >= 0.3 is 0 Å². The average molecular weight is 301 g/mol. The van der Waals surface area contributed by atoms with E-state index in [1.807, 2.05) is 6.07 Å². The fourth-order valence-electron chi connectivity index (χ4n) is 1.63. The minimum absolute atomic E-state index is 0.501. The second-order valence-electron chi connectivity index (χ2n) is 4.41. The molecule has 0 fully saturated rings. The summed E-state index contributed by atoms with van der Waals surface area (Å²) in [6.45, 7) is 7.01. The summed E-state index contributed by atoms with van der Waals surface area (Å²) in [4.78, 5) is 2.38. The van der Waals surface area contributed by atoms with Crippen LogP contribution >= 0.6 is 15.9 Å². The molecule has 4 heteroatoms. The largest absolute Gasteiger partial charge is 0.398 e. The Balaban J connectivity index is 2.68. The zero-order valence-corrected chi connectivity index (χ0v) is 12.3. The molecular formula is C13H21BrN2O. The van der Waals surface area contributed by atoms with Gasteiger partial charge in [-0.2, -0.15) is 0 Å². The van der Waals surface area contributed by atoms with E-state index in [-0.39, 0.29) is 0 Å². The molecule has 0 saturated heterocycles. The van der Waals surface area contributed by atoms with Gasteiger partial charge in [-0.1, -0.05) is 6.07 Å². The standard InChI is InChI=1S/C13H21BrN2O/c1-10(2)16(6-7-17-3)9-11-4-5-13(15)12(14)8-11/h4-5,8,10H,6-7,9,15H2,1-3H3. The van der Waals surface area contributed by atoms with E-state index in [0.29, 0.717) is 6.04 Å². The lowest BCUT2D eigenvalue weighted by Gasteiger charge is -2.26. The molecule has 1 aromatic rings. The lowest BCUT2D eigenvalue weighted by atomic mass is 10.1. The molecule has 17 heavy (non-hydrogen) atoms. The highest BCUT2D eigenvalue weighted by Gasteiger charge is 2.10. The number of nitrogens with zero attached hydrogens (tertiary/aromatic N) is 1. The molecule has 0 saturated carbocycles. The summed E-state index contributed by atoms with van der Waals surface area (Å²) in [5, 5.41) is 0. The first kappa shape index (κ1) is 14.5. The summed E-state index contributed by atoms with van der Waals surface area (Å²) in [5.74, 6) is 0. The summed E-state index contributed by atoms with van der Waals surface area (Å²) < 4.78 is 6.10. The zero-order chi connectivity index (χ0) is 12.8. The molecule has 0 aromatic heterocycles. The molecule has 0 aliphatic carbocycles. The van der Waals surface area contributed by atoms with Crippen molar-refractivity contribution < 1.29 is 4.74 Å². The van der Waals surface area contributed by atoms with Gasteiger partial charge in [0, 0.05) is 36.4 Å². The van der Waals surface area contributed by atoms with Gasteiger partial charge in [0.05, 0.1) is 6.61 Å². The van der Waals surface area contributed by atoms with Crippen LogP contribution in [0.4, 0.5) is 5.69 Å². The fourth-order valence-corrected chi connectivity index (χ4v) is 2.06. The average Bonchev–Trinajstić information content (AvgIpc) is 2.28. The number of anilines is 1. The molecule has 0 spiro atoms. The molecule has 0 unspecified atom stereocenters. The maximum atomic E-state index is 5.78. The van der Waals surface area contributed by atoms with Crippen LogP contribution in [0.15, 0.2) is 22.7 Å². The first-order valence-electron chi connectivity index (χ1n) is 5.81. The van der Waals surface area contributed by atoms with Crippen LogP contribution in [0, 0.1) is 0 Å². The van der Waals surface area contributed by atoms with Crippen LogP contribution in [0.5, 0.6) is 0 Å². The van der Waals surface area contributed by atoms with Gasteiger partial charge in [-0.3, -0.25) is 4.90 Å². The van der Waals surface area contributed by atoms with Crippen LogP contribution in [-0.4, -0.2) is 31.2 Å². The lowest BCUT2D eigenvalue weighted by Crippen LogP contribution is -2.33. The minimum atomic E-state index is 0.501. The Kier molecular flexibility index (Phi) is 5.95. The number of nitrogen functional groups attached to an aromatic ring is 1. The maximum absolute atomic E-state index is 5.78. The van der Waals surface area contributed by atoms with E-state index in [4.69, 9.17) is 10.5 Å². The number of hydrogen-bond donors (Lipinski definition) is 1. The number of rotatable bonds is 6. The number of nitrogens with two attached hydrogens (primary N) is 1. The molecular weight excluding hydrogens is 280 g/mol. The topological polar surface area (TPSA) is 38.5 Å². The van der Waals surface area contributed by atoms with E-state index in [0.717, 1.165) is 29.9 Å². The highest BCUT2D eigenvalue weighted by molar-refractivity contribution is 9.10. The predicted molar refractivity (Wildman–Crippen MR) is 76.0 cm³/mol. The SMILES string of the molecule is COCCN(Cc1ccc(N)c(Br)c1)C(C)C. The van der Waals surface area contributed by atoms with Gasteiger partial charge in [-0.25, -0.2) is 0 Å². The fraction of sp³-hybridized carbons (Fsp3) is 0.538. The van der Waals surface area contributed by atoms with Crippen molar-refractivity contribution in [3.8, 4) is 0 Å². The molecule has 0 radical (unpaired) electrons. The Morgan fingerprint density at radius 2 is 2.12 bits per heavy atom. The van der Waals surface area contributed by atoms with Crippen molar-refractivity contribution in [2.75, 3.05) is 26.0 Å². The van der Waals surface area contributed by atoms with E-state index in [2.05, 4.69) is 46.8 Å². The van der Waals surface area contributed by atoms with Crippen molar-refractivity contribution in [3.05, 3.63) is 28.2 Å². The Morgan fingerprint density at radius 1 is 1.41 bits per heavy atom. The van der Waals surface area contributed by atoms with Gasteiger partial charge in [0.25, 0.3) is 0 Å². The smallest absolute Gasteiger partial charge is 0.0589 e. The van der Waals surface area contributed by atoms with Crippen molar-refractivity contribution in [2.45, 2.75) is 26.4 Å². The highest BCUT2D eigenvalue weighted by atomic mass is 79.9. The highest BCUT2D eigenvalue weighted by Crippen LogP contribution is 2.21. The lowest BCUT2D eigenvalue weighted by molar-refractivity contribution is 0.125. The number of benzene rings is 1. The van der Waals surface area contributed by atoms with Gasteiger partial charge in [0.2, 0.25) is 0 Å². The Morgan fingerprint density at radius 3 is 2.65 bits per heavy atom. The third-order valence-corrected chi connectivity index (χ3v) is 3.45. The predicted octanol–water partition coefficient (Wildman–Crippen LogP) is 2.89. The number of hydrogen-bond acceptors (Lipinski definition) is 3. The summed E-state index contributed by atoms with van der Waals surface area (Å²) >= 11 is 3.46. The minimum Gasteiger partial charge on any atom is -0.398 e. The number of ether oxygens (including phenoxy) is 1. The van der Waals surface area contributed by atoms with E-state index in [1.165, 1.54) is 5.56 Å². The van der Waals surface area contributed by atoms with E-state index in [9.17, 15) is 0 Å². The zero-order valence-electron chi connectivity index (χ0n) is 10.7. The normalized spacial score (nSPS) is 11.4. The molecule has 0 bridgehead atoms. The Hall–Kier alpha value is -0.580. The van der Waals surface area contributed by atoms with Gasteiger partial charge < -0.3 is 10.5 Å². The molecule has 1 aromatic carbocycles. The second-order valence-corrected chi connectivity index (χ2v) is 5.27. The Bertz CT molecular complexity index is 355. The first-order valence-corrected chi connectivity index (χ1v) is 6.60. The molecule has 0 heterocycles. The molecule has 0 atom stereocenters. The van der Waals surface area contributed by atoms with E-state index < -0.39 is 0 Å². The van der Waals surface area contributed by atoms with Crippen molar-refractivity contribution in [2.24, 2.45) is 0 Å². The maximum Gasteiger partial charge on any atom is 0.0589 e. The third-order valence-electron chi connectivity index (χ3n) is 2.76.